The summed E-state index contributed by atoms with van der Waals surface area (Å²) in [6.07, 6.45) is 4.73. The van der Waals surface area contributed by atoms with Crippen LogP contribution in [-0.4, -0.2) is 36.6 Å². The third-order valence-corrected chi connectivity index (χ3v) is 5.44. The van der Waals surface area contributed by atoms with Crippen LogP contribution >= 0.6 is 0 Å². The molecule has 0 saturated heterocycles. The molecule has 3 aromatic rings. The molecule has 0 aliphatic carbocycles. The van der Waals surface area contributed by atoms with Gasteiger partial charge < -0.3 is 16.0 Å². The molecular weight excluding hydrogens is 469 g/mol. The van der Waals surface area contributed by atoms with Crippen molar-refractivity contribution >= 4 is 23.0 Å². The molecule has 0 atom stereocenters. The van der Waals surface area contributed by atoms with E-state index in [1.54, 1.807) is 61.7 Å². The van der Waals surface area contributed by atoms with Crippen LogP contribution in [0.5, 0.6) is 0 Å². The Hall–Kier alpha value is -3.89. The van der Waals surface area contributed by atoms with Gasteiger partial charge in [-0.05, 0) is 68.5 Å². The van der Waals surface area contributed by atoms with Crippen molar-refractivity contribution in [2.24, 2.45) is 11.6 Å². The maximum Gasteiger partial charge on any atom is 0.301 e. The summed E-state index contributed by atoms with van der Waals surface area (Å²) in [7, 11) is 3.45. The van der Waals surface area contributed by atoms with Crippen LogP contribution in [0, 0.1) is 6.92 Å². The van der Waals surface area contributed by atoms with Crippen molar-refractivity contribution in [3.05, 3.63) is 94.9 Å². The van der Waals surface area contributed by atoms with E-state index in [1.807, 2.05) is 6.92 Å². The fourth-order valence-electron chi connectivity index (χ4n) is 3.60. The first-order valence-corrected chi connectivity index (χ1v) is 11.1. The molecule has 1 aromatic heterocycles. The van der Waals surface area contributed by atoms with Crippen molar-refractivity contribution in [2.45, 2.75) is 19.4 Å². The maximum atomic E-state index is 14.3. The van der Waals surface area contributed by atoms with Crippen LogP contribution in [0.15, 0.2) is 67.1 Å². The largest absolute Gasteiger partial charge is 0.397 e. The molecular formula is C26H29F3N6O. The van der Waals surface area contributed by atoms with Gasteiger partial charge in [-0.25, -0.2) is 10.2 Å². The van der Waals surface area contributed by atoms with Crippen molar-refractivity contribution in [3.63, 3.8) is 0 Å². The quantitative estimate of drug-likeness (QED) is 0.299. The van der Waals surface area contributed by atoms with E-state index in [0.29, 0.717) is 16.9 Å². The SMILES string of the molecule is Cc1ccc(C(=O)Nc2ccc(CN(C)C)c(C(F)(F)CF)c2)cc1N(N)/C=C(\N)c1cccnc1. The Labute approximate surface area is 208 Å². The molecule has 0 spiro atoms. The van der Waals surface area contributed by atoms with Crippen molar-refractivity contribution < 1.29 is 18.0 Å². The highest BCUT2D eigenvalue weighted by molar-refractivity contribution is 6.05. The summed E-state index contributed by atoms with van der Waals surface area (Å²) in [6.45, 7) is 0.177. The number of pyridine rings is 1. The summed E-state index contributed by atoms with van der Waals surface area (Å²) in [5, 5.41) is 3.91. The van der Waals surface area contributed by atoms with Crippen LogP contribution in [0.25, 0.3) is 5.70 Å². The van der Waals surface area contributed by atoms with Crippen molar-refractivity contribution in [2.75, 3.05) is 31.1 Å². The number of hydrazine groups is 1. The number of amides is 1. The van der Waals surface area contributed by atoms with Gasteiger partial charge in [0.05, 0.1) is 11.4 Å². The molecule has 2 aromatic carbocycles. The molecule has 0 bridgehead atoms. The van der Waals surface area contributed by atoms with Gasteiger partial charge >= 0.3 is 5.92 Å². The van der Waals surface area contributed by atoms with E-state index in [-0.39, 0.29) is 23.4 Å². The molecule has 5 N–H and O–H groups in total. The number of benzene rings is 2. The van der Waals surface area contributed by atoms with E-state index in [2.05, 4.69) is 10.3 Å². The normalized spacial score (nSPS) is 12.1. The average Bonchev–Trinajstić information content (AvgIpc) is 2.85. The minimum Gasteiger partial charge on any atom is -0.397 e. The predicted molar refractivity (Wildman–Crippen MR) is 136 cm³/mol. The molecule has 10 heteroatoms. The third-order valence-electron chi connectivity index (χ3n) is 5.44. The minimum atomic E-state index is -3.68. The van der Waals surface area contributed by atoms with Gasteiger partial charge in [0.15, 0.2) is 6.67 Å². The molecule has 1 heterocycles. The van der Waals surface area contributed by atoms with Gasteiger partial charge in [-0.3, -0.25) is 14.8 Å². The van der Waals surface area contributed by atoms with Gasteiger partial charge in [0.2, 0.25) is 0 Å². The molecule has 36 heavy (non-hydrogen) atoms. The minimum absolute atomic E-state index is 0.123. The second-order valence-corrected chi connectivity index (χ2v) is 8.64. The van der Waals surface area contributed by atoms with E-state index in [4.69, 9.17) is 11.6 Å². The van der Waals surface area contributed by atoms with Gasteiger partial charge in [0.1, 0.15) is 0 Å². The van der Waals surface area contributed by atoms with Crippen molar-refractivity contribution in [1.29, 1.82) is 0 Å². The predicted octanol–water partition coefficient (Wildman–Crippen LogP) is 4.40. The number of hydrogen-bond acceptors (Lipinski definition) is 6. The number of carbonyl (C=O) groups excluding carboxylic acids is 1. The first kappa shape index (κ1) is 26.7. The number of alkyl halides is 3. The molecule has 0 aliphatic heterocycles. The Bertz CT molecular complexity index is 1250. The number of aryl methyl sites for hydroxylation is 1. The standard InChI is InChI=1S/C26H29F3N6O/c1-17-6-7-18(11-24(17)35(31)15-23(30)19-5-4-10-32-13-19)25(36)33-21-9-8-20(14-34(2)3)22(12-21)26(28,29)16-27/h4-13,15H,14,16,30-31H2,1-3H3,(H,33,36)/b23-15-. The van der Waals surface area contributed by atoms with Crippen molar-refractivity contribution in [1.82, 2.24) is 9.88 Å². The Morgan fingerprint density at radius 3 is 2.53 bits per heavy atom. The number of nitrogens with two attached hydrogens (primary N) is 2. The Balaban J connectivity index is 1.86. The number of carbonyl (C=O) groups is 1. The molecule has 190 valence electrons. The zero-order chi connectivity index (χ0) is 26.5. The maximum absolute atomic E-state index is 14.3. The summed E-state index contributed by atoms with van der Waals surface area (Å²) in [5.41, 5.74) is 8.64. The van der Waals surface area contributed by atoms with Crippen LogP contribution < -0.4 is 21.9 Å². The molecule has 7 nitrogen and oxygen atoms in total. The number of nitrogens with zero attached hydrogens (tertiary/aromatic N) is 3. The first-order chi connectivity index (χ1) is 17.0. The second-order valence-electron chi connectivity index (χ2n) is 8.64. The molecule has 0 unspecified atom stereocenters. The third kappa shape index (κ3) is 6.41. The van der Waals surface area contributed by atoms with E-state index in [0.717, 1.165) is 11.6 Å². The fourth-order valence-corrected chi connectivity index (χ4v) is 3.60. The summed E-state index contributed by atoms with van der Waals surface area (Å²) >= 11 is 0. The zero-order valence-corrected chi connectivity index (χ0v) is 20.3. The first-order valence-electron chi connectivity index (χ1n) is 11.1. The summed E-state index contributed by atoms with van der Waals surface area (Å²) < 4.78 is 41.7. The summed E-state index contributed by atoms with van der Waals surface area (Å²) in [5.74, 6) is 1.98. The van der Waals surface area contributed by atoms with E-state index < -0.39 is 24.1 Å². The highest BCUT2D eigenvalue weighted by Gasteiger charge is 2.34. The molecule has 3 rings (SSSR count). The molecule has 1 amide bonds. The van der Waals surface area contributed by atoms with Crippen LogP contribution in [-0.2, 0) is 12.5 Å². The van der Waals surface area contributed by atoms with Crippen LogP contribution in [0.3, 0.4) is 0 Å². The van der Waals surface area contributed by atoms with Crippen LogP contribution in [0.4, 0.5) is 24.5 Å². The molecule has 0 fully saturated rings. The number of hydrogen-bond donors (Lipinski definition) is 3. The van der Waals surface area contributed by atoms with Gasteiger partial charge in [0, 0.05) is 47.5 Å². The lowest BCUT2D eigenvalue weighted by Crippen LogP contribution is -2.27. The Morgan fingerprint density at radius 1 is 1.14 bits per heavy atom. The van der Waals surface area contributed by atoms with Crippen LogP contribution in [0.2, 0.25) is 0 Å². The van der Waals surface area contributed by atoms with Crippen LogP contribution in [0.1, 0.15) is 32.6 Å². The fraction of sp³-hybridized carbons (Fsp3) is 0.231. The average molecular weight is 499 g/mol. The zero-order valence-electron chi connectivity index (χ0n) is 20.3. The van der Waals surface area contributed by atoms with Gasteiger partial charge in [0.25, 0.3) is 5.91 Å². The number of aromatic nitrogens is 1. The van der Waals surface area contributed by atoms with E-state index >= 15 is 0 Å². The Morgan fingerprint density at radius 2 is 1.89 bits per heavy atom. The van der Waals surface area contributed by atoms with Gasteiger partial charge in [-0.2, -0.15) is 8.78 Å². The molecule has 0 aliphatic rings. The molecule has 0 saturated carbocycles. The molecule has 0 radical (unpaired) electrons. The highest BCUT2D eigenvalue weighted by atomic mass is 19.3. The van der Waals surface area contributed by atoms with Gasteiger partial charge in [-0.1, -0.05) is 12.1 Å². The number of halogens is 3. The second kappa shape index (κ2) is 11.2. The van der Waals surface area contributed by atoms with Gasteiger partial charge in [-0.15, -0.1) is 0 Å². The van der Waals surface area contributed by atoms with E-state index in [1.165, 1.54) is 23.3 Å². The lowest BCUT2D eigenvalue weighted by Gasteiger charge is -2.21. The highest BCUT2D eigenvalue weighted by Crippen LogP contribution is 2.34. The lowest BCUT2D eigenvalue weighted by molar-refractivity contribution is -0.0291. The monoisotopic (exact) mass is 498 g/mol. The summed E-state index contributed by atoms with van der Waals surface area (Å²) in [6, 6.07) is 12.5. The van der Waals surface area contributed by atoms with E-state index in [9.17, 15) is 18.0 Å². The topological polar surface area (TPSA) is 101 Å². The lowest BCUT2D eigenvalue weighted by atomic mass is 10.0. The van der Waals surface area contributed by atoms with Crippen molar-refractivity contribution in [3.8, 4) is 0 Å². The summed E-state index contributed by atoms with van der Waals surface area (Å²) in [4.78, 5) is 18.7. The number of anilines is 2. The number of nitrogens with one attached hydrogen (secondary N) is 1. The smallest absolute Gasteiger partial charge is 0.301 e. The number of rotatable bonds is 9. The Kier molecular flexibility index (Phi) is 8.33.